The predicted octanol–water partition coefficient (Wildman–Crippen LogP) is -2.54. The second-order valence-corrected chi connectivity index (χ2v) is 3.46. The molecule has 3 rings (SSSR count). The molecule has 0 bridgehead atoms. The van der Waals surface area contributed by atoms with Gasteiger partial charge >= 0.3 is 41.6 Å². The van der Waals surface area contributed by atoms with E-state index in [1.54, 1.807) is 0 Å². The summed E-state index contributed by atoms with van der Waals surface area (Å²) in [6.07, 6.45) is 0. The van der Waals surface area contributed by atoms with Crippen molar-refractivity contribution >= 4 is 29.1 Å². The third-order valence-corrected chi connectivity index (χ3v) is 2.16. The van der Waals surface area contributed by atoms with Crippen molar-refractivity contribution in [2.45, 2.75) is 0 Å². The molecule has 0 aliphatic carbocycles. The molecule has 0 spiro atoms. The average molecular weight is 286 g/mol. The third-order valence-electron chi connectivity index (χ3n) is 2.16. The number of hydrogen-bond donors (Lipinski definition) is 1. The first-order valence-electron chi connectivity index (χ1n) is 5.00. The molecule has 2 aromatic heterocycles. The van der Waals surface area contributed by atoms with E-state index in [2.05, 4.69) is 20.5 Å². The van der Waals surface area contributed by atoms with E-state index in [9.17, 15) is 14.3 Å². The number of benzene rings is 1. The smallest absolute Gasteiger partial charge is 0.540 e. The van der Waals surface area contributed by atoms with E-state index in [0.29, 0.717) is 5.52 Å². The summed E-state index contributed by atoms with van der Waals surface area (Å²) in [4.78, 5) is 14.4. The van der Waals surface area contributed by atoms with E-state index in [-0.39, 0.29) is 47.2 Å². The molecule has 10 heteroatoms. The topological polar surface area (TPSA) is 117 Å². The molecule has 96 valence electrons. The van der Waals surface area contributed by atoms with Gasteiger partial charge in [0, 0.05) is 6.07 Å². The van der Waals surface area contributed by atoms with Gasteiger partial charge in [-0.2, -0.15) is 4.98 Å². The van der Waals surface area contributed by atoms with E-state index < -0.39 is 17.7 Å². The number of nitrogens with one attached hydrogen (secondary N) is 1. The van der Waals surface area contributed by atoms with Crippen molar-refractivity contribution < 1.29 is 52.7 Å². The number of halogens is 1. The zero-order valence-corrected chi connectivity index (χ0v) is 12.1. The van der Waals surface area contributed by atoms with Crippen LogP contribution in [0, 0.1) is 5.82 Å². The Kier molecular flexibility index (Phi) is 4.02. The Bertz CT molecular complexity index is 772. The second-order valence-electron chi connectivity index (χ2n) is 3.46. The van der Waals surface area contributed by atoms with Crippen LogP contribution in [0.15, 0.2) is 27.0 Å². The van der Waals surface area contributed by atoms with Crippen LogP contribution < -0.4 is 40.0 Å². The molecule has 8 nitrogen and oxygen atoms in total. The molecule has 1 N–H and O–H groups in total. The van der Waals surface area contributed by atoms with Crippen molar-refractivity contribution in [3.8, 4) is 0 Å². The zero-order chi connectivity index (χ0) is 13.4. The second kappa shape index (κ2) is 5.57. The standard InChI is InChI=1S/C10H5FN4O4.Na/c11-4-1-2-5-6(3-4)18-9(12-5)13-10-15-14-7(19-10)8(16)17;/h1-3H,(H,16,17)(H,12,13,15);/q;+1/p-1. The van der Waals surface area contributed by atoms with Crippen LogP contribution >= 0.6 is 0 Å². The Morgan fingerprint density at radius 1 is 1.25 bits per heavy atom. The van der Waals surface area contributed by atoms with Gasteiger partial charge < -0.3 is 18.7 Å². The van der Waals surface area contributed by atoms with Crippen molar-refractivity contribution in [1.29, 1.82) is 0 Å². The maximum atomic E-state index is 12.9. The van der Waals surface area contributed by atoms with Gasteiger partial charge in [-0.1, -0.05) is 5.10 Å². The number of oxazole rings is 1. The summed E-state index contributed by atoms with van der Waals surface area (Å²) in [5.41, 5.74) is 0.644. The number of carbonyl (C=O) groups is 1. The Morgan fingerprint density at radius 2 is 2.05 bits per heavy atom. The van der Waals surface area contributed by atoms with Crippen molar-refractivity contribution in [2.75, 3.05) is 5.32 Å². The van der Waals surface area contributed by atoms with Crippen LogP contribution in [0.2, 0.25) is 0 Å². The third kappa shape index (κ3) is 2.79. The van der Waals surface area contributed by atoms with Crippen LogP contribution in [-0.2, 0) is 0 Å². The number of fused-ring (bicyclic) bond motifs is 1. The largest absolute Gasteiger partial charge is 1.00 e. The summed E-state index contributed by atoms with van der Waals surface area (Å²) in [6, 6.07) is 3.56. The fourth-order valence-corrected chi connectivity index (χ4v) is 1.40. The number of aromatic carboxylic acids is 1. The van der Waals surface area contributed by atoms with Gasteiger partial charge in [0.1, 0.15) is 17.3 Å². The Morgan fingerprint density at radius 3 is 2.75 bits per heavy atom. The summed E-state index contributed by atoms with van der Waals surface area (Å²) in [5.74, 6) is -2.74. The van der Waals surface area contributed by atoms with E-state index >= 15 is 0 Å². The Balaban J connectivity index is 0.00000147. The van der Waals surface area contributed by atoms with Crippen molar-refractivity contribution in [3.63, 3.8) is 0 Å². The molecule has 1 aromatic carbocycles. The Labute approximate surface area is 132 Å². The van der Waals surface area contributed by atoms with Crippen LogP contribution in [0.25, 0.3) is 11.1 Å². The minimum Gasteiger partial charge on any atom is -0.540 e. The first-order chi connectivity index (χ1) is 9.11. The molecule has 0 amide bonds. The summed E-state index contributed by atoms with van der Waals surface area (Å²) in [5, 5.41) is 19.5. The molecule has 0 radical (unpaired) electrons. The molecule has 0 saturated heterocycles. The minimum atomic E-state index is -1.60. The number of aromatic nitrogens is 3. The number of carbonyl (C=O) groups excluding carboxylic acids is 1. The molecule has 0 fully saturated rings. The summed E-state index contributed by atoms with van der Waals surface area (Å²) in [6.45, 7) is 0. The molecule has 0 unspecified atom stereocenters. The SMILES string of the molecule is O=C([O-])c1nnc(Nc2nc3ccc(F)cc3o2)o1.[Na+]. The summed E-state index contributed by atoms with van der Waals surface area (Å²) >= 11 is 0. The molecule has 0 aliphatic rings. The number of carboxylic acids is 1. The van der Waals surface area contributed by atoms with Crippen LogP contribution in [0.5, 0.6) is 0 Å². The fourth-order valence-electron chi connectivity index (χ4n) is 1.40. The molecular weight excluding hydrogens is 282 g/mol. The van der Waals surface area contributed by atoms with Crippen LogP contribution in [0.3, 0.4) is 0 Å². The van der Waals surface area contributed by atoms with Crippen molar-refractivity contribution in [1.82, 2.24) is 15.2 Å². The van der Waals surface area contributed by atoms with Crippen molar-refractivity contribution in [3.05, 3.63) is 29.9 Å². The molecule has 3 aromatic rings. The molecule has 0 aliphatic heterocycles. The van der Waals surface area contributed by atoms with Gasteiger partial charge in [0.25, 0.3) is 5.89 Å². The maximum Gasteiger partial charge on any atom is 1.00 e. The van der Waals surface area contributed by atoms with E-state index in [4.69, 9.17) is 8.83 Å². The molecule has 20 heavy (non-hydrogen) atoms. The summed E-state index contributed by atoms with van der Waals surface area (Å²) in [7, 11) is 0. The first-order valence-corrected chi connectivity index (χ1v) is 5.00. The van der Waals surface area contributed by atoms with Gasteiger partial charge in [-0.25, -0.2) is 4.39 Å². The molecule has 0 atom stereocenters. The molecular formula is C10H4FN4NaO4. The molecule has 0 saturated carbocycles. The van der Waals surface area contributed by atoms with E-state index in [1.165, 1.54) is 12.1 Å². The van der Waals surface area contributed by atoms with Crippen LogP contribution in [-0.4, -0.2) is 21.2 Å². The minimum absolute atomic E-state index is 0. The number of carboxylic acid groups (broad SMARTS) is 1. The zero-order valence-electron chi connectivity index (χ0n) is 10.1. The summed E-state index contributed by atoms with van der Waals surface area (Å²) < 4.78 is 22.8. The predicted molar refractivity (Wildman–Crippen MR) is 55.9 cm³/mol. The van der Waals surface area contributed by atoms with Crippen LogP contribution in [0.4, 0.5) is 16.4 Å². The van der Waals surface area contributed by atoms with Gasteiger partial charge in [0.2, 0.25) is 0 Å². The average Bonchev–Trinajstić information content (AvgIpc) is 2.95. The van der Waals surface area contributed by atoms with Gasteiger partial charge in [-0.05, 0) is 12.1 Å². The van der Waals surface area contributed by atoms with E-state index in [1.807, 2.05) is 0 Å². The van der Waals surface area contributed by atoms with Gasteiger partial charge in [0.05, 0.1) is 0 Å². The monoisotopic (exact) mass is 286 g/mol. The number of rotatable bonds is 3. The van der Waals surface area contributed by atoms with Gasteiger partial charge in [-0.15, -0.1) is 5.10 Å². The number of nitrogens with zero attached hydrogens (tertiary/aromatic N) is 3. The first kappa shape index (κ1) is 14.4. The van der Waals surface area contributed by atoms with Crippen molar-refractivity contribution in [2.24, 2.45) is 0 Å². The van der Waals surface area contributed by atoms with Crippen LogP contribution in [0.1, 0.15) is 10.7 Å². The van der Waals surface area contributed by atoms with Gasteiger partial charge in [0.15, 0.2) is 5.58 Å². The quantitative estimate of drug-likeness (QED) is 0.523. The number of anilines is 2. The normalized spacial score (nSPS) is 10.2. The maximum absolute atomic E-state index is 12.9. The number of hydrogen-bond acceptors (Lipinski definition) is 8. The fraction of sp³-hybridized carbons (Fsp3) is 0. The van der Waals surface area contributed by atoms with Gasteiger partial charge in [-0.3, -0.25) is 5.32 Å². The van der Waals surface area contributed by atoms with E-state index in [0.717, 1.165) is 6.07 Å². The Hall–Kier alpha value is -1.97. The molecule has 2 heterocycles.